The van der Waals surface area contributed by atoms with E-state index < -0.39 is 22.9 Å². The van der Waals surface area contributed by atoms with Crippen molar-refractivity contribution < 1.29 is 25.8 Å². The SMILES string of the molecule is O=S(=O)(CC1CCC1)OCC(F)(F)F. The summed E-state index contributed by atoms with van der Waals surface area (Å²) in [6.45, 7) is -1.72. The van der Waals surface area contributed by atoms with Gasteiger partial charge < -0.3 is 0 Å². The number of hydrogen-bond donors (Lipinski definition) is 0. The average molecular weight is 232 g/mol. The Morgan fingerprint density at radius 2 is 1.86 bits per heavy atom. The standard InChI is InChI=1S/C7H11F3O3S/c8-7(9,10)5-13-14(11,12)4-6-2-1-3-6/h6H,1-5H2. The molecule has 0 unspecified atom stereocenters. The van der Waals surface area contributed by atoms with Gasteiger partial charge in [-0.3, -0.25) is 4.18 Å². The predicted octanol–water partition coefficient (Wildman–Crippen LogP) is 1.70. The molecule has 0 aromatic carbocycles. The van der Waals surface area contributed by atoms with Gasteiger partial charge in [-0.2, -0.15) is 21.6 Å². The molecule has 1 rings (SSSR count). The Bertz CT molecular complexity index is 279. The summed E-state index contributed by atoms with van der Waals surface area (Å²) in [6.07, 6.45) is -2.13. The third-order valence-electron chi connectivity index (χ3n) is 2.07. The fourth-order valence-corrected chi connectivity index (χ4v) is 2.47. The quantitative estimate of drug-likeness (QED) is 0.693. The van der Waals surface area contributed by atoms with Gasteiger partial charge in [0.2, 0.25) is 0 Å². The lowest BCUT2D eigenvalue weighted by Gasteiger charge is -2.24. The van der Waals surface area contributed by atoms with E-state index in [1.807, 2.05) is 0 Å². The maximum absolute atomic E-state index is 11.6. The summed E-state index contributed by atoms with van der Waals surface area (Å²) >= 11 is 0. The van der Waals surface area contributed by atoms with Gasteiger partial charge in [0.25, 0.3) is 10.1 Å². The van der Waals surface area contributed by atoms with Crippen LogP contribution in [0.4, 0.5) is 13.2 Å². The minimum atomic E-state index is -4.59. The Morgan fingerprint density at radius 1 is 1.29 bits per heavy atom. The van der Waals surface area contributed by atoms with Gasteiger partial charge in [-0.05, 0) is 18.8 Å². The molecular weight excluding hydrogens is 221 g/mol. The third kappa shape index (κ3) is 4.28. The van der Waals surface area contributed by atoms with Crippen LogP contribution in [-0.4, -0.2) is 27.0 Å². The van der Waals surface area contributed by atoms with E-state index in [9.17, 15) is 21.6 Å². The molecule has 84 valence electrons. The van der Waals surface area contributed by atoms with Gasteiger partial charge in [0.05, 0.1) is 5.75 Å². The molecule has 1 saturated carbocycles. The first-order valence-corrected chi connectivity index (χ1v) is 5.80. The fraction of sp³-hybridized carbons (Fsp3) is 1.00. The molecule has 1 aliphatic carbocycles. The van der Waals surface area contributed by atoms with Crippen LogP contribution in [0.3, 0.4) is 0 Å². The molecule has 1 fully saturated rings. The van der Waals surface area contributed by atoms with E-state index in [1.165, 1.54) is 0 Å². The molecule has 0 N–H and O–H groups in total. The minimum Gasteiger partial charge on any atom is -0.261 e. The van der Waals surface area contributed by atoms with Crippen LogP contribution in [0.15, 0.2) is 0 Å². The lowest BCUT2D eigenvalue weighted by Crippen LogP contribution is -2.27. The predicted molar refractivity (Wildman–Crippen MR) is 43.1 cm³/mol. The molecule has 7 heteroatoms. The van der Waals surface area contributed by atoms with Crippen molar-refractivity contribution in [2.24, 2.45) is 5.92 Å². The second-order valence-corrected chi connectivity index (χ2v) is 5.08. The van der Waals surface area contributed by atoms with Crippen LogP contribution in [0.25, 0.3) is 0 Å². The zero-order chi connectivity index (χ0) is 10.8. The zero-order valence-electron chi connectivity index (χ0n) is 7.38. The highest BCUT2D eigenvalue weighted by atomic mass is 32.2. The highest BCUT2D eigenvalue weighted by Crippen LogP contribution is 2.28. The van der Waals surface area contributed by atoms with Crippen molar-refractivity contribution in [1.82, 2.24) is 0 Å². The van der Waals surface area contributed by atoms with Crippen LogP contribution in [0, 0.1) is 5.92 Å². The van der Waals surface area contributed by atoms with E-state index >= 15 is 0 Å². The van der Waals surface area contributed by atoms with Crippen molar-refractivity contribution in [3.63, 3.8) is 0 Å². The van der Waals surface area contributed by atoms with Crippen LogP contribution in [-0.2, 0) is 14.3 Å². The van der Waals surface area contributed by atoms with Crippen LogP contribution in [0.5, 0.6) is 0 Å². The third-order valence-corrected chi connectivity index (χ3v) is 3.42. The number of halogens is 3. The number of rotatable bonds is 4. The molecule has 0 heterocycles. The van der Waals surface area contributed by atoms with Crippen molar-refractivity contribution in [2.45, 2.75) is 25.4 Å². The molecule has 0 atom stereocenters. The maximum atomic E-state index is 11.6. The van der Waals surface area contributed by atoms with Crippen LogP contribution >= 0.6 is 0 Å². The molecular formula is C7H11F3O3S. The van der Waals surface area contributed by atoms with Crippen molar-refractivity contribution >= 4 is 10.1 Å². The number of alkyl halides is 3. The molecule has 0 aromatic rings. The first-order chi connectivity index (χ1) is 6.29. The van der Waals surface area contributed by atoms with Crippen molar-refractivity contribution in [1.29, 1.82) is 0 Å². The largest absolute Gasteiger partial charge is 0.413 e. The van der Waals surface area contributed by atoms with Gasteiger partial charge in [0.15, 0.2) is 6.61 Å². The molecule has 3 nitrogen and oxygen atoms in total. The van der Waals surface area contributed by atoms with Gasteiger partial charge in [-0.15, -0.1) is 0 Å². The van der Waals surface area contributed by atoms with Crippen molar-refractivity contribution in [2.75, 3.05) is 12.4 Å². The summed E-state index contributed by atoms with van der Waals surface area (Å²) in [5.74, 6) is -0.309. The van der Waals surface area contributed by atoms with Gasteiger partial charge >= 0.3 is 6.18 Å². The molecule has 0 spiro atoms. The molecule has 0 aliphatic heterocycles. The van der Waals surface area contributed by atoms with Gasteiger partial charge in [-0.1, -0.05) is 6.42 Å². The van der Waals surface area contributed by atoms with Crippen molar-refractivity contribution in [3.8, 4) is 0 Å². The average Bonchev–Trinajstić information content (AvgIpc) is 1.93. The topological polar surface area (TPSA) is 43.4 Å². The molecule has 0 aromatic heterocycles. The van der Waals surface area contributed by atoms with E-state index in [0.717, 1.165) is 19.3 Å². The maximum Gasteiger partial charge on any atom is 0.413 e. The summed E-state index contributed by atoms with van der Waals surface area (Å²) in [5, 5.41) is 0. The molecule has 0 radical (unpaired) electrons. The molecule has 0 amide bonds. The van der Waals surface area contributed by atoms with E-state index in [1.54, 1.807) is 0 Å². The highest BCUT2D eigenvalue weighted by Gasteiger charge is 2.32. The summed E-state index contributed by atoms with van der Waals surface area (Å²) in [7, 11) is -3.99. The Labute approximate surface area is 80.4 Å². The molecule has 1 aliphatic rings. The summed E-state index contributed by atoms with van der Waals surface area (Å²) in [6, 6.07) is 0. The van der Waals surface area contributed by atoms with Crippen LogP contribution in [0.1, 0.15) is 19.3 Å². The van der Waals surface area contributed by atoms with E-state index in [2.05, 4.69) is 4.18 Å². The second-order valence-electron chi connectivity index (χ2n) is 3.40. The van der Waals surface area contributed by atoms with E-state index in [-0.39, 0.29) is 11.7 Å². The summed E-state index contributed by atoms with van der Waals surface area (Å²) in [4.78, 5) is 0. The van der Waals surface area contributed by atoms with E-state index in [4.69, 9.17) is 0 Å². The second kappa shape index (κ2) is 4.06. The number of hydrogen-bond acceptors (Lipinski definition) is 3. The smallest absolute Gasteiger partial charge is 0.261 e. The first kappa shape index (κ1) is 11.8. The van der Waals surface area contributed by atoms with Crippen LogP contribution in [0.2, 0.25) is 0 Å². The van der Waals surface area contributed by atoms with Gasteiger partial charge in [0.1, 0.15) is 0 Å². The molecule has 0 bridgehead atoms. The Balaban J connectivity index is 2.34. The zero-order valence-corrected chi connectivity index (χ0v) is 8.20. The summed E-state index contributed by atoms with van der Waals surface area (Å²) in [5.41, 5.74) is 0. The Hall–Kier alpha value is -0.300. The highest BCUT2D eigenvalue weighted by molar-refractivity contribution is 7.86. The molecule has 0 saturated heterocycles. The van der Waals surface area contributed by atoms with E-state index in [0.29, 0.717) is 0 Å². The normalized spacial score (nSPS) is 19.4. The van der Waals surface area contributed by atoms with Crippen LogP contribution < -0.4 is 0 Å². The lowest BCUT2D eigenvalue weighted by molar-refractivity contribution is -0.152. The van der Waals surface area contributed by atoms with Gasteiger partial charge in [-0.25, -0.2) is 0 Å². The fourth-order valence-electron chi connectivity index (χ4n) is 1.15. The monoisotopic (exact) mass is 232 g/mol. The van der Waals surface area contributed by atoms with Crippen molar-refractivity contribution in [3.05, 3.63) is 0 Å². The van der Waals surface area contributed by atoms with Gasteiger partial charge in [0, 0.05) is 0 Å². The minimum absolute atomic E-state index is 0.0202. The molecule has 14 heavy (non-hydrogen) atoms. The Kier molecular flexibility index (Phi) is 3.41. The first-order valence-electron chi connectivity index (χ1n) is 4.22. The lowest BCUT2D eigenvalue weighted by atomic mass is 9.87. The Morgan fingerprint density at radius 3 is 2.21 bits per heavy atom. The summed E-state index contributed by atoms with van der Waals surface area (Å²) < 4.78 is 60.7.